The molecule has 0 aliphatic rings. The van der Waals surface area contributed by atoms with Crippen molar-refractivity contribution in [2.24, 2.45) is 0 Å². The van der Waals surface area contributed by atoms with E-state index < -0.39 is 11.7 Å². The summed E-state index contributed by atoms with van der Waals surface area (Å²) in [7, 11) is 0. The number of aliphatic hydroxyl groups is 1. The summed E-state index contributed by atoms with van der Waals surface area (Å²) in [6.45, 7) is 13.4. The number of aryl methyl sites for hydroxylation is 1. The topological polar surface area (TPSA) is 148 Å². The Kier molecular flexibility index (Phi) is 26.3. The highest BCUT2D eigenvalue weighted by molar-refractivity contribution is 5.70. The van der Waals surface area contributed by atoms with Crippen molar-refractivity contribution in [2.75, 3.05) is 33.0 Å². The van der Waals surface area contributed by atoms with Gasteiger partial charge in [-0.3, -0.25) is 14.4 Å². The average molecular weight is 740 g/mol. The van der Waals surface area contributed by atoms with Crippen LogP contribution in [0.25, 0.3) is 0 Å². The maximum Gasteiger partial charge on any atom is 0.306 e. The summed E-state index contributed by atoms with van der Waals surface area (Å²) >= 11 is 0. The van der Waals surface area contributed by atoms with Gasteiger partial charge in [0.1, 0.15) is 13.2 Å². The Bertz CT molecular complexity index is 1070. The van der Waals surface area contributed by atoms with E-state index in [-0.39, 0.29) is 56.3 Å². The van der Waals surface area contributed by atoms with Crippen LogP contribution in [0.3, 0.4) is 0 Å². The molecule has 0 amide bonds. The number of carbonyl (C=O) groups is 3. The fraction of sp³-hybridized carbons (Fsp3) is 0.875. The highest BCUT2D eigenvalue weighted by Crippen LogP contribution is 2.17. The second-order valence-corrected chi connectivity index (χ2v) is 15.2. The second-order valence-electron chi connectivity index (χ2n) is 15.2. The number of rotatable bonds is 34. The molecule has 1 N–H and O–H groups in total. The van der Waals surface area contributed by atoms with E-state index in [1.54, 1.807) is 24.7 Å². The molecule has 0 radical (unpaired) electrons. The standard InChI is InChI=1S/C40H73N3O9/c1-7-9-11-13-15-17-19-21-36(44)50-33-35(52-38(46)22-20-18-16-14-12-10-8-2)32-43-31-34(41-42-43)23-24-37(45)49-30-29-48-27-26-40(5,6)51-28-25-39(3,4)47/h31,35,47H,7-30,32-33H2,1-6H3. The highest BCUT2D eigenvalue weighted by atomic mass is 16.6. The fourth-order valence-corrected chi connectivity index (χ4v) is 5.42. The highest BCUT2D eigenvalue weighted by Gasteiger charge is 2.21. The van der Waals surface area contributed by atoms with Gasteiger partial charge in [-0.05, 0) is 53.4 Å². The molecule has 1 aromatic heterocycles. The quantitative estimate of drug-likeness (QED) is 0.0418. The lowest BCUT2D eigenvalue weighted by molar-refractivity contribution is -0.160. The minimum Gasteiger partial charge on any atom is -0.463 e. The number of hydrogen-bond donors (Lipinski definition) is 1. The van der Waals surface area contributed by atoms with Crippen molar-refractivity contribution in [3.05, 3.63) is 11.9 Å². The van der Waals surface area contributed by atoms with E-state index in [0.29, 0.717) is 51.0 Å². The van der Waals surface area contributed by atoms with Gasteiger partial charge in [0.15, 0.2) is 6.10 Å². The van der Waals surface area contributed by atoms with Gasteiger partial charge in [0.25, 0.3) is 0 Å². The number of aromatic nitrogens is 3. The summed E-state index contributed by atoms with van der Waals surface area (Å²) in [5.41, 5.74) is -0.543. The molecule has 0 aliphatic heterocycles. The first-order valence-corrected chi connectivity index (χ1v) is 20.2. The molecule has 12 nitrogen and oxygen atoms in total. The predicted octanol–water partition coefficient (Wildman–Crippen LogP) is 7.85. The lowest BCUT2D eigenvalue weighted by Crippen LogP contribution is -2.30. The number of nitrogens with zero attached hydrogens (tertiary/aromatic N) is 3. The Morgan fingerprint density at radius 1 is 0.712 bits per heavy atom. The van der Waals surface area contributed by atoms with Crippen LogP contribution in [-0.2, 0) is 51.0 Å². The maximum absolute atomic E-state index is 12.7. The SMILES string of the molecule is CCCCCCCCCC(=O)OCC(Cn1cc(CCC(=O)OCCOCCC(C)(C)OCCC(C)(C)O)nn1)OC(=O)CCCCCCCCC. The first kappa shape index (κ1) is 47.5. The van der Waals surface area contributed by atoms with Gasteiger partial charge in [-0.25, -0.2) is 4.68 Å². The number of carbonyl (C=O) groups excluding carboxylic acids is 3. The average Bonchev–Trinajstić information content (AvgIpc) is 3.53. The van der Waals surface area contributed by atoms with Crippen LogP contribution in [0, 0.1) is 0 Å². The van der Waals surface area contributed by atoms with E-state index >= 15 is 0 Å². The molecule has 0 spiro atoms. The van der Waals surface area contributed by atoms with Crippen LogP contribution in [0.2, 0.25) is 0 Å². The minimum atomic E-state index is -0.761. The smallest absolute Gasteiger partial charge is 0.306 e. The van der Waals surface area contributed by atoms with Crippen LogP contribution in [0.1, 0.15) is 169 Å². The molecule has 1 rings (SSSR count). The zero-order valence-corrected chi connectivity index (χ0v) is 33.6. The molecule has 0 aliphatic carbocycles. The summed E-state index contributed by atoms with van der Waals surface area (Å²) in [6.07, 6.45) is 18.9. The lowest BCUT2D eigenvalue weighted by Gasteiger charge is -2.27. The number of ether oxygens (including phenoxy) is 5. The summed E-state index contributed by atoms with van der Waals surface area (Å²) in [5.74, 6) is -0.965. The zero-order valence-electron chi connectivity index (χ0n) is 33.6. The van der Waals surface area contributed by atoms with Crippen molar-refractivity contribution in [1.82, 2.24) is 15.0 Å². The Morgan fingerprint density at radius 2 is 1.29 bits per heavy atom. The number of hydrogen-bond acceptors (Lipinski definition) is 11. The van der Waals surface area contributed by atoms with Crippen LogP contribution < -0.4 is 0 Å². The largest absolute Gasteiger partial charge is 0.463 e. The van der Waals surface area contributed by atoms with E-state index in [1.807, 2.05) is 13.8 Å². The predicted molar refractivity (Wildman–Crippen MR) is 202 cm³/mol. The normalized spacial score (nSPS) is 12.5. The molecule has 0 saturated carbocycles. The van der Waals surface area contributed by atoms with Gasteiger partial charge >= 0.3 is 17.9 Å². The second kappa shape index (κ2) is 28.9. The summed E-state index contributed by atoms with van der Waals surface area (Å²) in [6, 6.07) is 0. The fourth-order valence-electron chi connectivity index (χ4n) is 5.42. The first-order chi connectivity index (χ1) is 24.8. The first-order valence-electron chi connectivity index (χ1n) is 20.2. The van der Waals surface area contributed by atoms with E-state index in [9.17, 15) is 19.5 Å². The molecule has 302 valence electrons. The molecule has 1 aromatic rings. The van der Waals surface area contributed by atoms with Crippen molar-refractivity contribution < 1.29 is 43.2 Å². The third-order valence-corrected chi connectivity index (χ3v) is 8.81. The Balaban J connectivity index is 2.46. The van der Waals surface area contributed by atoms with Crippen LogP contribution in [0.15, 0.2) is 6.20 Å². The Hall–Kier alpha value is -2.57. The molecule has 0 fully saturated rings. The molecule has 1 unspecified atom stereocenters. The zero-order chi connectivity index (χ0) is 38.5. The summed E-state index contributed by atoms with van der Waals surface area (Å²) in [5, 5.41) is 18.2. The lowest BCUT2D eigenvalue weighted by atomic mass is 10.0. The van der Waals surface area contributed by atoms with Crippen LogP contribution in [0.5, 0.6) is 0 Å². The Labute approximate surface area is 314 Å². The van der Waals surface area contributed by atoms with Crippen molar-refractivity contribution in [3.8, 4) is 0 Å². The molecular weight excluding hydrogens is 666 g/mol. The van der Waals surface area contributed by atoms with Gasteiger partial charge < -0.3 is 28.8 Å². The van der Waals surface area contributed by atoms with E-state index in [4.69, 9.17) is 23.7 Å². The number of esters is 3. The molecule has 0 bridgehead atoms. The van der Waals surface area contributed by atoms with Crippen LogP contribution in [0.4, 0.5) is 0 Å². The Morgan fingerprint density at radius 3 is 1.90 bits per heavy atom. The summed E-state index contributed by atoms with van der Waals surface area (Å²) < 4.78 is 29.6. The van der Waals surface area contributed by atoms with Crippen molar-refractivity contribution in [3.63, 3.8) is 0 Å². The van der Waals surface area contributed by atoms with E-state index in [0.717, 1.165) is 38.5 Å². The number of unbranched alkanes of at least 4 members (excludes halogenated alkanes) is 12. The maximum atomic E-state index is 12.7. The van der Waals surface area contributed by atoms with Gasteiger partial charge in [0.2, 0.25) is 0 Å². The summed E-state index contributed by atoms with van der Waals surface area (Å²) in [4.78, 5) is 37.5. The van der Waals surface area contributed by atoms with E-state index in [2.05, 4.69) is 24.2 Å². The van der Waals surface area contributed by atoms with Gasteiger partial charge in [0.05, 0.1) is 43.1 Å². The van der Waals surface area contributed by atoms with Gasteiger partial charge in [0, 0.05) is 32.1 Å². The van der Waals surface area contributed by atoms with Crippen LogP contribution in [-0.4, -0.2) is 88.3 Å². The third-order valence-electron chi connectivity index (χ3n) is 8.81. The van der Waals surface area contributed by atoms with Crippen molar-refractivity contribution >= 4 is 17.9 Å². The molecule has 12 heteroatoms. The molecular formula is C40H73N3O9. The molecule has 0 saturated heterocycles. The monoisotopic (exact) mass is 740 g/mol. The minimum absolute atomic E-state index is 0.0474. The van der Waals surface area contributed by atoms with Gasteiger partial charge in [-0.2, -0.15) is 0 Å². The van der Waals surface area contributed by atoms with E-state index in [1.165, 1.54) is 51.4 Å². The molecule has 1 heterocycles. The third kappa shape index (κ3) is 28.0. The van der Waals surface area contributed by atoms with Gasteiger partial charge in [-0.1, -0.05) is 96.1 Å². The van der Waals surface area contributed by atoms with Crippen molar-refractivity contribution in [2.45, 2.75) is 194 Å². The molecule has 52 heavy (non-hydrogen) atoms. The van der Waals surface area contributed by atoms with Crippen LogP contribution >= 0.6 is 0 Å². The molecule has 1 atom stereocenters. The van der Waals surface area contributed by atoms with Crippen molar-refractivity contribution in [1.29, 1.82) is 0 Å². The van der Waals surface area contributed by atoms with Gasteiger partial charge in [-0.15, -0.1) is 5.10 Å². The molecule has 0 aromatic carbocycles.